The fourth-order valence-electron chi connectivity index (χ4n) is 5.49. The van der Waals surface area contributed by atoms with Crippen LogP contribution in [-0.4, -0.2) is 75.2 Å². The van der Waals surface area contributed by atoms with Gasteiger partial charge in [-0.25, -0.2) is 9.97 Å². The predicted molar refractivity (Wildman–Crippen MR) is 160 cm³/mol. The Labute approximate surface area is 248 Å². The van der Waals surface area contributed by atoms with Crippen molar-refractivity contribution in [2.24, 2.45) is 0 Å². The summed E-state index contributed by atoms with van der Waals surface area (Å²) in [5, 5.41) is 15.2. The molecule has 0 spiro atoms. The van der Waals surface area contributed by atoms with Gasteiger partial charge >= 0.3 is 0 Å². The van der Waals surface area contributed by atoms with Gasteiger partial charge in [0.25, 0.3) is 11.8 Å². The van der Waals surface area contributed by atoms with Crippen LogP contribution in [0, 0.1) is 0 Å². The number of pyridine rings is 2. The number of fused-ring (bicyclic) bond motifs is 2. The zero-order valence-corrected chi connectivity index (χ0v) is 25.4. The van der Waals surface area contributed by atoms with Gasteiger partial charge in [-0.05, 0) is 67.7 Å². The van der Waals surface area contributed by atoms with Crippen molar-refractivity contribution in [3.8, 4) is 29.0 Å². The Kier molecular flexibility index (Phi) is 8.53. The second-order valence-corrected chi connectivity index (χ2v) is 11.0. The van der Waals surface area contributed by atoms with Crippen LogP contribution in [0.2, 0.25) is 0 Å². The van der Waals surface area contributed by atoms with Gasteiger partial charge in [0.1, 0.15) is 24.6 Å². The van der Waals surface area contributed by atoms with Crippen molar-refractivity contribution in [2.45, 2.75) is 17.9 Å². The van der Waals surface area contributed by atoms with E-state index in [9.17, 15) is 5.11 Å². The largest absolute Gasteiger partial charge is 0.496 e. The summed E-state index contributed by atoms with van der Waals surface area (Å²) in [6.45, 7) is 1.29. The molecule has 5 rings (SSSR count). The van der Waals surface area contributed by atoms with Gasteiger partial charge < -0.3 is 33.7 Å². The summed E-state index contributed by atoms with van der Waals surface area (Å²) in [6.07, 6.45) is 3.62. The van der Waals surface area contributed by atoms with Crippen LogP contribution < -0.4 is 23.7 Å². The fourth-order valence-corrected chi connectivity index (χ4v) is 5.87. The van der Waals surface area contributed by atoms with Crippen LogP contribution in [0.3, 0.4) is 0 Å². The number of aliphatic hydroxyl groups is 1. The lowest BCUT2D eigenvalue weighted by molar-refractivity contribution is -0.00118. The van der Waals surface area contributed by atoms with Gasteiger partial charge in [0.05, 0.1) is 21.3 Å². The predicted octanol–water partition coefficient (Wildman–Crippen LogP) is 5.16. The van der Waals surface area contributed by atoms with Crippen molar-refractivity contribution in [1.29, 1.82) is 0 Å². The van der Waals surface area contributed by atoms with E-state index < -0.39 is 11.5 Å². The maximum absolute atomic E-state index is 13.2. The second kappa shape index (κ2) is 12.1. The first-order valence-electron chi connectivity index (χ1n) is 13.3. The molecule has 2 aromatic heterocycles. The topological polar surface area (TPSA) is 95.4 Å². The van der Waals surface area contributed by atoms with E-state index in [1.807, 2.05) is 49.3 Å². The molecule has 0 saturated heterocycles. The molecule has 9 nitrogen and oxygen atoms in total. The number of methoxy groups -OCH3 is 3. The molecule has 0 saturated carbocycles. The van der Waals surface area contributed by atoms with Crippen LogP contribution in [-0.2, 0) is 5.60 Å². The molecule has 0 aliphatic carbocycles. The minimum atomic E-state index is -1.55. The number of aromatic nitrogens is 2. The number of benzene rings is 2. The van der Waals surface area contributed by atoms with E-state index in [1.165, 1.54) is 0 Å². The molecule has 10 heteroatoms. The van der Waals surface area contributed by atoms with Gasteiger partial charge in [-0.3, -0.25) is 0 Å². The van der Waals surface area contributed by atoms with Crippen LogP contribution >= 0.6 is 15.9 Å². The molecule has 2 atom stereocenters. The molecule has 0 bridgehead atoms. The Bertz CT molecular complexity index is 1550. The molecule has 216 valence electrons. The molecule has 0 radical (unpaired) electrons. The minimum Gasteiger partial charge on any atom is -0.496 e. The first-order chi connectivity index (χ1) is 19.8. The van der Waals surface area contributed by atoms with E-state index in [0.717, 1.165) is 20.8 Å². The third kappa shape index (κ3) is 5.51. The normalized spacial score (nSPS) is 14.9. The van der Waals surface area contributed by atoms with E-state index in [-0.39, 0.29) is 0 Å². The molecule has 0 amide bonds. The molecule has 1 aliphatic heterocycles. The lowest BCUT2D eigenvalue weighted by Gasteiger charge is -2.40. The van der Waals surface area contributed by atoms with E-state index >= 15 is 0 Å². The molecular weight excluding hydrogens is 590 g/mol. The van der Waals surface area contributed by atoms with Gasteiger partial charge in [0.15, 0.2) is 11.5 Å². The molecule has 2 aromatic carbocycles. The van der Waals surface area contributed by atoms with Crippen molar-refractivity contribution in [3.05, 3.63) is 76.0 Å². The van der Waals surface area contributed by atoms with E-state index in [4.69, 9.17) is 23.7 Å². The third-order valence-corrected chi connectivity index (χ3v) is 7.89. The van der Waals surface area contributed by atoms with Gasteiger partial charge in [-0.1, -0.05) is 22.0 Å². The number of ether oxygens (including phenoxy) is 5. The first-order valence-corrected chi connectivity index (χ1v) is 14.1. The fraction of sp³-hybridized carbons (Fsp3) is 0.355. The molecule has 3 heterocycles. The van der Waals surface area contributed by atoms with Crippen LogP contribution in [0.15, 0.2) is 59.3 Å². The zero-order valence-electron chi connectivity index (χ0n) is 23.8. The van der Waals surface area contributed by atoms with Crippen molar-refractivity contribution in [1.82, 2.24) is 14.9 Å². The van der Waals surface area contributed by atoms with Crippen LogP contribution in [0.1, 0.15) is 29.0 Å². The molecule has 1 N–H and O–H groups in total. The van der Waals surface area contributed by atoms with Gasteiger partial charge in [0.2, 0.25) is 0 Å². The molecular formula is C31H34BrN3O6. The summed E-state index contributed by atoms with van der Waals surface area (Å²) in [5.74, 6) is 1.40. The van der Waals surface area contributed by atoms with E-state index in [2.05, 4.69) is 32.0 Å². The maximum atomic E-state index is 13.2. The SMILES string of the molecule is COc1cc2ccc(Br)cc2cc1[C@@H](c1ccnc(OC)c1OC)[C@@](O)(CCN(C)C)c1ccnc2c1OCCO2. The average molecular weight is 625 g/mol. The van der Waals surface area contributed by atoms with Crippen molar-refractivity contribution in [2.75, 3.05) is 55.2 Å². The summed E-state index contributed by atoms with van der Waals surface area (Å²) < 4.78 is 30.4. The van der Waals surface area contributed by atoms with E-state index in [1.54, 1.807) is 39.8 Å². The molecule has 1 aliphatic rings. The Morgan fingerprint density at radius 2 is 1.71 bits per heavy atom. The quantitative estimate of drug-likeness (QED) is 0.257. The minimum absolute atomic E-state index is 0.309. The highest BCUT2D eigenvalue weighted by Gasteiger charge is 2.46. The lowest BCUT2D eigenvalue weighted by Crippen LogP contribution is -2.39. The Balaban J connectivity index is 1.88. The summed E-state index contributed by atoms with van der Waals surface area (Å²) in [5.41, 5.74) is 0.442. The Morgan fingerprint density at radius 3 is 2.44 bits per heavy atom. The molecule has 41 heavy (non-hydrogen) atoms. The lowest BCUT2D eigenvalue weighted by atomic mass is 9.71. The number of nitrogens with zero attached hydrogens (tertiary/aromatic N) is 3. The zero-order chi connectivity index (χ0) is 29.1. The molecule has 0 fully saturated rings. The first kappa shape index (κ1) is 28.9. The highest BCUT2D eigenvalue weighted by Crippen LogP contribution is 2.54. The maximum Gasteiger partial charge on any atom is 0.257 e. The summed E-state index contributed by atoms with van der Waals surface area (Å²) in [4.78, 5) is 10.8. The number of halogens is 1. The number of hydrogen-bond donors (Lipinski definition) is 1. The van der Waals surface area contributed by atoms with Gasteiger partial charge in [-0.15, -0.1) is 0 Å². The second-order valence-electron chi connectivity index (χ2n) is 10.1. The highest BCUT2D eigenvalue weighted by molar-refractivity contribution is 9.10. The average Bonchev–Trinajstić information content (AvgIpc) is 2.99. The van der Waals surface area contributed by atoms with E-state index in [0.29, 0.717) is 66.3 Å². The smallest absolute Gasteiger partial charge is 0.257 e. The summed E-state index contributed by atoms with van der Waals surface area (Å²) in [7, 11) is 8.69. The van der Waals surface area contributed by atoms with Gasteiger partial charge in [0, 0.05) is 46.0 Å². The standard InChI is InChI=1S/C31H34BrN3O6/c1-35(2)13-10-31(36,24-9-12-34-30-28(24)40-14-15-41-30)26(22-8-11-33-29(39-5)27(22)38-4)23-17-20-16-21(32)7-6-19(20)18-25(23)37-3/h6-9,11-12,16-18,26,36H,10,13-15H2,1-5H3/t26-,31-/m1/s1. The highest BCUT2D eigenvalue weighted by atomic mass is 79.9. The monoisotopic (exact) mass is 623 g/mol. The summed E-state index contributed by atoms with van der Waals surface area (Å²) >= 11 is 3.61. The van der Waals surface area contributed by atoms with Crippen molar-refractivity contribution >= 4 is 26.7 Å². The summed E-state index contributed by atoms with van der Waals surface area (Å²) in [6, 6.07) is 13.8. The van der Waals surface area contributed by atoms with Crippen LogP contribution in [0.4, 0.5) is 0 Å². The Morgan fingerprint density at radius 1 is 0.927 bits per heavy atom. The van der Waals surface area contributed by atoms with Gasteiger partial charge in [-0.2, -0.15) is 0 Å². The molecule has 0 unspecified atom stereocenters. The van der Waals surface area contributed by atoms with Crippen molar-refractivity contribution in [3.63, 3.8) is 0 Å². The van der Waals surface area contributed by atoms with Crippen LogP contribution in [0.5, 0.6) is 29.0 Å². The van der Waals surface area contributed by atoms with Crippen molar-refractivity contribution < 1.29 is 28.8 Å². The molecule has 4 aromatic rings. The number of rotatable bonds is 10. The van der Waals surface area contributed by atoms with Crippen LogP contribution in [0.25, 0.3) is 10.8 Å². The Hall–Kier alpha value is -3.60. The third-order valence-electron chi connectivity index (χ3n) is 7.40. The number of hydrogen-bond acceptors (Lipinski definition) is 9.